The molecule has 1 N–H and O–H groups in total. The van der Waals surface area contributed by atoms with Gasteiger partial charge in [0.15, 0.2) is 5.75 Å². The van der Waals surface area contributed by atoms with E-state index in [1.165, 1.54) is 12.3 Å². The standard InChI is InChI=1S/C24H21N5O3/c1-3-16-5-4-6-18(11-16)27-24-17(14-25)15-26-21-13-23(22(29(30)31)12-20(21)24)32-19-7-9-28(2)10-8-19/h1,4-6,11-13,15,19H,7-10H2,2H3,(H,26,27). The topological polar surface area (TPSA) is 104 Å². The number of nitro benzene ring substituents is 1. The molecule has 0 bridgehead atoms. The Hall–Kier alpha value is -4.14. The molecule has 8 nitrogen and oxygen atoms in total. The Kier molecular flexibility index (Phi) is 5.89. The first-order chi connectivity index (χ1) is 15.5. The minimum absolute atomic E-state index is 0.0928. The first kappa shape index (κ1) is 21.1. The van der Waals surface area contributed by atoms with E-state index in [4.69, 9.17) is 11.2 Å². The molecule has 2 aromatic carbocycles. The molecular weight excluding hydrogens is 406 g/mol. The molecule has 0 saturated carbocycles. The number of nitro groups is 1. The number of fused-ring (bicyclic) bond motifs is 1. The lowest BCUT2D eigenvalue weighted by atomic mass is 10.1. The minimum Gasteiger partial charge on any atom is -0.483 e. The highest BCUT2D eigenvalue weighted by atomic mass is 16.6. The normalized spacial score (nSPS) is 14.5. The largest absolute Gasteiger partial charge is 0.483 e. The lowest BCUT2D eigenvalue weighted by molar-refractivity contribution is -0.386. The van der Waals surface area contributed by atoms with Crippen molar-refractivity contribution < 1.29 is 9.66 Å². The Morgan fingerprint density at radius 1 is 1.31 bits per heavy atom. The minimum atomic E-state index is -0.467. The first-order valence-corrected chi connectivity index (χ1v) is 10.2. The fourth-order valence-corrected chi connectivity index (χ4v) is 3.78. The maximum Gasteiger partial charge on any atom is 0.311 e. The molecule has 4 rings (SSSR count). The third-order valence-corrected chi connectivity index (χ3v) is 5.52. The van der Waals surface area contributed by atoms with Crippen molar-refractivity contribution in [2.45, 2.75) is 18.9 Å². The summed E-state index contributed by atoms with van der Waals surface area (Å²) in [5.41, 5.74) is 2.37. The van der Waals surface area contributed by atoms with Gasteiger partial charge >= 0.3 is 5.69 Å². The predicted octanol–water partition coefficient (Wildman–Crippen LogP) is 4.21. The van der Waals surface area contributed by atoms with E-state index in [1.807, 2.05) is 7.05 Å². The predicted molar refractivity (Wildman–Crippen MR) is 122 cm³/mol. The summed E-state index contributed by atoms with van der Waals surface area (Å²) in [6.45, 7) is 1.75. The molecule has 0 unspecified atom stereocenters. The van der Waals surface area contributed by atoms with Crippen molar-refractivity contribution in [1.82, 2.24) is 9.88 Å². The molecule has 0 amide bonds. The monoisotopic (exact) mass is 427 g/mol. The molecule has 0 atom stereocenters. The number of nitrogens with zero attached hydrogens (tertiary/aromatic N) is 4. The quantitative estimate of drug-likeness (QED) is 0.369. The second-order valence-electron chi connectivity index (χ2n) is 7.72. The summed E-state index contributed by atoms with van der Waals surface area (Å²) in [5.74, 6) is 2.76. The van der Waals surface area contributed by atoms with Crippen LogP contribution in [0.5, 0.6) is 5.75 Å². The molecule has 8 heteroatoms. The van der Waals surface area contributed by atoms with Crippen LogP contribution < -0.4 is 10.1 Å². The van der Waals surface area contributed by atoms with Crippen LogP contribution in [0.4, 0.5) is 17.1 Å². The number of ether oxygens (including phenoxy) is 1. The number of nitriles is 1. The Morgan fingerprint density at radius 3 is 2.78 bits per heavy atom. The number of rotatable bonds is 5. The number of terminal acetylenes is 1. The van der Waals surface area contributed by atoms with Gasteiger partial charge in [0.25, 0.3) is 0 Å². The number of nitrogens with one attached hydrogen (secondary N) is 1. The van der Waals surface area contributed by atoms with Crippen LogP contribution >= 0.6 is 0 Å². The Balaban J connectivity index is 1.78. The fourth-order valence-electron chi connectivity index (χ4n) is 3.78. The summed E-state index contributed by atoms with van der Waals surface area (Å²) in [6, 6.07) is 12.2. The van der Waals surface area contributed by atoms with Gasteiger partial charge in [0.2, 0.25) is 0 Å². The summed E-state index contributed by atoms with van der Waals surface area (Å²) in [7, 11) is 2.04. The Morgan fingerprint density at radius 2 is 2.09 bits per heavy atom. The highest BCUT2D eigenvalue weighted by molar-refractivity contribution is 5.98. The van der Waals surface area contributed by atoms with Gasteiger partial charge in [-0.2, -0.15) is 5.26 Å². The number of benzene rings is 2. The van der Waals surface area contributed by atoms with Gasteiger partial charge in [-0.1, -0.05) is 12.0 Å². The molecule has 1 aliphatic rings. The van der Waals surface area contributed by atoms with Crippen molar-refractivity contribution in [3.8, 4) is 24.2 Å². The zero-order chi connectivity index (χ0) is 22.7. The van der Waals surface area contributed by atoms with E-state index in [1.54, 1.807) is 30.3 Å². The van der Waals surface area contributed by atoms with Crippen LogP contribution in [0.1, 0.15) is 24.0 Å². The summed E-state index contributed by atoms with van der Waals surface area (Å²) in [6.07, 6.45) is 8.43. The summed E-state index contributed by atoms with van der Waals surface area (Å²) in [4.78, 5) is 17.9. The molecule has 1 saturated heterocycles. The lowest BCUT2D eigenvalue weighted by Crippen LogP contribution is -2.35. The van der Waals surface area contributed by atoms with Crippen molar-refractivity contribution in [1.29, 1.82) is 5.26 Å². The SMILES string of the molecule is C#Cc1cccc(Nc2c(C#N)cnc3cc(OC4CCN(C)CC4)c([N+](=O)[O-])cc23)c1. The number of anilines is 2. The van der Waals surface area contributed by atoms with E-state index in [0.29, 0.717) is 27.8 Å². The van der Waals surface area contributed by atoms with E-state index in [-0.39, 0.29) is 23.1 Å². The van der Waals surface area contributed by atoms with Crippen LogP contribution in [0.3, 0.4) is 0 Å². The van der Waals surface area contributed by atoms with E-state index >= 15 is 0 Å². The number of likely N-dealkylation sites (tertiary alicyclic amines) is 1. The third-order valence-electron chi connectivity index (χ3n) is 5.52. The molecular formula is C24H21N5O3. The molecule has 0 aliphatic carbocycles. The molecule has 32 heavy (non-hydrogen) atoms. The van der Waals surface area contributed by atoms with Crippen LogP contribution in [0.2, 0.25) is 0 Å². The van der Waals surface area contributed by atoms with Gasteiger partial charge in [0.05, 0.1) is 21.7 Å². The lowest BCUT2D eigenvalue weighted by Gasteiger charge is -2.29. The molecule has 160 valence electrons. The van der Waals surface area contributed by atoms with E-state index in [2.05, 4.69) is 27.2 Å². The summed E-state index contributed by atoms with van der Waals surface area (Å²) < 4.78 is 6.03. The molecule has 1 fully saturated rings. The maximum absolute atomic E-state index is 11.9. The maximum atomic E-state index is 11.9. The summed E-state index contributed by atoms with van der Waals surface area (Å²) >= 11 is 0. The zero-order valence-corrected chi connectivity index (χ0v) is 17.5. The van der Waals surface area contributed by atoms with Gasteiger partial charge < -0.3 is 15.0 Å². The van der Waals surface area contributed by atoms with Crippen LogP contribution in [-0.4, -0.2) is 41.0 Å². The van der Waals surface area contributed by atoms with E-state index < -0.39 is 4.92 Å². The van der Waals surface area contributed by atoms with Crippen molar-refractivity contribution in [3.63, 3.8) is 0 Å². The number of piperidine rings is 1. The second-order valence-corrected chi connectivity index (χ2v) is 7.72. The van der Waals surface area contributed by atoms with Crippen LogP contribution in [0.25, 0.3) is 10.9 Å². The smallest absolute Gasteiger partial charge is 0.311 e. The molecule has 1 aromatic heterocycles. The Bertz CT molecular complexity index is 1270. The van der Waals surface area contributed by atoms with Gasteiger partial charge in [0, 0.05) is 48.1 Å². The molecule has 3 aromatic rings. The van der Waals surface area contributed by atoms with Crippen molar-refractivity contribution in [3.05, 3.63) is 63.8 Å². The van der Waals surface area contributed by atoms with Gasteiger partial charge in [-0.3, -0.25) is 15.1 Å². The second kappa shape index (κ2) is 8.93. The Labute approximate surface area is 185 Å². The van der Waals surface area contributed by atoms with Crippen molar-refractivity contribution in [2.24, 2.45) is 0 Å². The number of pyridine rings is 1. The zero-order valence-electron chi connectivity index (χ0n) is 17.5. The van der Waals surface area contributed by atoms with Crippen LogP contribution in [0.15, 0.2) is 42.6 Å². The molecule has 2 heterocycles. The first-order valence-electron chi connectivity index (χ1n) is 10.2. The van der Waals surface area contributed by atoms with Gasteiger partial charge in [0.1, 0.15) is 12.2 Å². The molecule has 0 radical (unpaired) electrons. The van der Waals surface area contributed by atoms with E-state index in [9.17, 15) is 15.4 Å². The average molecular weight is 427 g/mol. The van der Waals surface area contributed by atoms with Crippen LogP contribution in [0, 0.1) is 33.8 Å². The van der Waals surface area contributed by atoms with Crippen LogP contribution in [-0.2, 0) is 0 Å². The average Bonchev–Trinajstić information content (AvgIpc) is 2.80. The highest BCUT2D eigenvalue weighted by Crippen LogP contribution is 2.38. The molecule has 1 aliphatic heterocycles. The number of aromatic nitrogens is 1. The van der Waals surface area contributed by atoms with Gasteiger partial charge in [-0.25, -0.2) is 0 Å². The van der Waals surface area contributed by atoms with Gasteiger partial charge in [-0.05, 0) is 38.1 Å². The van der Waals surface area contributed by atoms with Gasteiger partial charge in [-0.15, -0.1) is 6.42 Å². The van der Waals surface area contributed by atoms with E-state index in [0.717, 1.165) is 25.9 Å². The summed E-state index contributed by atoms with van der Waals surface area (Å²) in [5, 5.41) is 25.1. The number of hydrogen-bond acceptors (Lipinski definition) is 7. The fraction of sp³-hybridized carbons (Fsp3) is 0.250. The molecule has 0 spiro atoms. The van der Waals surface area contributed by atoms with Crippen molar-refractivity contribution >= 4 is 28.0 Å². The number of hydrogen-bond donors (Lipinski definition) is 1. The highest BCUT2D eigenvalue weighted by Gasteiger charge is 2.25. The third kappa shape index (κ3) is 4.31. The van der Waals surface area contributed by atoms with Crippen molar-refractivity contribution in [2.75, 3.05) is 25.5 Å².